The molecule has 2 unspecified atom stereocenters. The van der Waals surface area contributed by atoms with E-state index in [1.165, 1.54) is 0 Å². The molecule has 0 bridgehead atoms. The highest BCUT2D eigenvalue weighted by Crippen LogP contribution is 2.50. The fraction of sp³-hybridized carbons (Fsp3) is 0.290. The molecule has 0 radical (unpaired) electrons. The Bertz CT molecular complexity index is 1530. The number of piperazine rings is 1. The summed E-state index contributed by atoms with van der Waals surface area (Å²) >= 11 is 0. The lowest BCUT2D eigenvalue weighted by Crippen LogP contribution is -2.67. The van der Waals surface area contributed by atoms with Crippen LogP contribution in [0, 0.1) is 0 Å². The van der Waals surface area contributed by atoms with Gasteiger partial charge in [0, 0.05) is 35.5 Å². The number of amides is 2. The van der Waals surface area contributed by atoms with E-state index in [9.17, 15) is 9.59 Å². The van der Waals surface area contributed by atoms with Gasteiger partial charge in [-0.05, 0) is 37.1 Å². The van der Waals surface area contributed by atoms with E-state index >= 15 is 0 Å². The van der Waals surface area contributed by atoms with Gasteiger partial charge in [0.2, 0.25) is 5.91 Å². The average molecular weight is 510 g/mol. The first-order chi connectivity index (χ1) is 18.5. The molecule has 1 saturated heterocycles. The second kappa shape index (κ2) is 9.24. The SMILES string of the molecule is CCOc1c(OC)cccc1C1CN2C(=O)CN(Cc3ccccc3)C(=O)C2(C)c2[nH]c3ccccc3c21. The zero-order valence-corrected chi connectivity index (χ0v) is 21.9. The van der Waals surface area contributed by atoms with Crippen molar-refractivity contribution in [2.24, 2.45) is 0 Å². The van der Waals surface area contributed by atoms with Crippen LogP contribution in [-0.2, 0) is 21.7 Å². The van der Waals surface area contributed by atoms with E-state index in [1.54, 1.807) is 16.9 Å². The lowest BCUT2D eigenvalue weighted by atomic mass is 9.76. The fourth-order valence-corrected chi connectivity index (χ4v) is 6.15. The number of fused-ring (bicyclic) bond motifs is 5. The summed E-state index contributed by atoms with van der Waals surface area (Å²) < 4.78 is 11.7. The third-order valence-electron chi connectivity index (χ3n) is 7.93. The molecule has 6 rings (SSSR count). The van der Waals surface area contributed by atoms with Gasteiger partial charge in [-0.2, -0.15) is 0 Å². The van der Waals surface area contributed by atoms with Crippen LogP contribution in [0.25, 0.3) is 10.9 Å². The Balaban J connectivity index is 1.54. The lowest BCUT2D eigenvalue weighted by molar-refractivity contribution is -0.166. The minimum atomic E-state index is -1.15. The Hall–Kier alpha value is -4.26. The highest BCUT2D eigenvalue weighted by Gasteiger charge is 2.56. The molecule has 2 atom stereocenters. The van der Waals surface area contributed by atoms with Crippen molar-refractivity contribution in [1.29, 1.82) is 0 Å². The molecule has 194 valence electrons. The van der Waals surface area contributed by atoms with Crippen LogP contribution < -0.4 is 9.47 Å². The van der Waals surface area contributed by atoms with E-state index in [0.29, 0.717) is 31.2 Å². The molecule has 7 nitrogen and oxygen atoms in total. The van der Waals surface area contributed by atoms with Crippen molar-refractivity contribution in [2.75, 3.05) is 26.8 Å². The second-order valence-corrected chi connectivity index (χ2v) is 10.0. The first-order valence-electron chi connectivity index (χ1n) is 13.0. The molecule has 1 fully saturated rings. The number of para-hydroxylation sites is 2. The number of H-pyrrole nitrogens is 1. The normalized spacial score (nSPS) is 20.9. The average Bonchev–Trinajstić information content (AvgIpc) is 3.34. The standard InChI is InChI=1S/C31H31N3O4/c1-4-38-28-21(14-10-16-25(28)37-3)23-18-34-26(35)19-33(17-20-11-6-5-7-12-20)30(36)31(34,2)29-27(23)22-13-8-9-15-24(22)32-29/h5-16,23,32H,4,17-19H2,1-3H3. The molecule has 0 spiro atoms. The Morgan fingerprint density at radius 2 is 1.76 bits per heavy atom. The van der Waals surface area contributed by atoms with E-state index in [4.69, 9.17) is 9.47 Å². The number of hydrogen-bond acceptors (Lipinski definition) is 4. The minimum absolute atomic E-state index is 0.0437. The van der Waals surface area contributed by atoms with Crippen LogP contribution in [-0.4, -0.2) is 53.4 Å². The van der Waals surface area contributed by atoms with Crippen molar-refractivity contribution in [3.63, 3.8) is 0 Å². The summed E-state index contributed by atoms with van der Waals surface area (Å²) in [5, 5.41) is 1.04. The van der Waals surface area contributed by atoms with Crippen LogP contribution in [0.1, 0.15) is 42.1 Å². The molecular formula is C31H31N3O4. The van der Waals surface area contributed by atoms with Crippen LogP contribution in [0.5, 0.6) is 11.5 Å². The van der Waals surface area contributed by atoms with Gasteiger partial charge in [0.05, 0.1) is 19.4 Å². The molecule has 2 aliphatic heterocycles. The number of methoxy groups -OCH3 is 1. The summed E-state index contributed by atoms with van der Waals surface area (Å²) in [6.45, 7) is 5.10. The molecule has 2 amide bonds. The summed E-state index contributed by atoms with van der Waals surface area (Å²) in [5.41, 5.74) is 3.50. The predicted octanol–water partition coefficient (Wildman–Crippen LogP) is 4.81. The Labute approximate surface area is 222 Å². The van der Waals surface area contributed by atoms with Gasteiger partial charge in [-0.1, -0.05) is 60.7 Å². The number of carbonyl (C=O) groups excluding carboxylic acids is 2. The number of aromatic nitrogens is 1. The lowest BCUT2D eigenvalue weighted by Gasteiger charge is -2.51. The van der Waals surface area contributed by atoms with E-state index in [2.05, 4.69) is 11.1 Å². The minimum Gasteiger partial charge on any atom is -0.493 e. The highest BCUT2D eigenvalue weighted by atomic mass is 16.5. The van der Waals surface area contributed by atoms with Crippen LogP contribution >= 0.6 is 0 Å². The zero-order chi connectivity index (χ0) is 26.4. The number of hydrogen-bond donors (Lipinski definition) is 1. The van der Waals surface area contributed by atoms with Crippen molar-refractivity contribution in [1.82, 2.24) is 14.8 Å². The molecule has 4 aromatic rings. The third-order valence-corrected chi connectivity index (χ3v) is 7.93. The summed E-state index contributed by atoms with van der Waals surface area (Å²) in [5.74, 6) is 0.961. The number of ether oxygens (including phenoxy) is 2. The van der Waals surface area contributed by atoms with Gasteiger partial charge in [0.15, 0.2) is 17.0 Å². The Morgan fingerprint density at radius 1 is 1.00 bits per heavy atom. The smallest absolute Gasteiger partial charge is 0.255 e. The fourth-order valence-electron chi connectivity index (χ4n) is 6.15. The molecule has 3 aromatic carbocycles. The van der Waals surface area contributed by atoms with Gasteiger partial charge in [-0.25, -0.2) is 0 Å². The maximum atomic E-state index is 14.3. The molecule has 3 heterocycles. The highest BCUT2D eigenvalue weighted by molar-refractivity contribution is 6.01. The van der Waals surface area contributed by atoms with Crippen molar-refractivity contribution in [3.05, 3.63) is 95.2 Å². The second-order valence-electron chi connectivity index (χ2n) is 10.0. The maximum absolute atomic E-state index is 14.3. The molecule has 38 heavy (non-hydrogen) atoms. The third kappa shape index (κ3) is 3.56. The maximum Gasteiger partial charge on any atom is 0.255 e. The molecule has 2 aliphatic rings. The predicted molar refractivity (Wildman–Crippen MR) is 145 cm³/mol. The van der Waals surface area contributed by atoms with Gasteiger partial charge in [0.1, 0.15) is 6.54 Å². The largest absolute Gasteiger partial charge is 0.493 e. The van der Waals surface area contributed by atoms with Gasteiger partial charge >= 0.3 is 0 Å². The quantitative estimate of drug-likeness (QED) is 0.405. The van der Waals surface area contributed by atoms with Crippen LogP contribution in [0.4, 0.5) is 0 Å². The number of nitrogens with one attached hydrogen (secondary N) is 1. The van der Waals surface area contributed by atoms with Crippen molar-refractivity contribution in [3.8, 4) is 11.5 Å². The summed E-state index contributed by atoms with van der Waals surface area (Å²) in [6, 6.07) is 23.8. The number of benzene rings is 3. The van der Waals surface area contributed by atoms with E-state index in [0.717, 1.165) is 33.3 Å². The number of nitrogens with zero attached hydrogens (tertiary/aromatic N) is 2. The Kier molecular flexibility index (Phi) is 5.86. The summed E-state index contributed by atoms with van der Waals surface area (Å²) in [6.07, 6.45) is 0. The van der Waals surface area contributed by atoms with Gasteiger partial charge < -0.3 is 24.3 Å². The van der Waals surface area contributed by atoms with Crippen LogP contribution in [0.2, 0.25) is 0 Å². The molecule has 1 N–H and O–H groups in total. The first kappa shape index (κ1) is 24.1. The number of rotatable bonds is 6. The van der Waals surface area contributed by atoms with Crippen molar-refractivity contribution in [2.45, 2.75) is 31.8 Å². The molecular weight excluding hydrogens is 478 g/mol. The Morgan fingerprint density at radius 3 is 2.53 bits per heavy atom. The van der Waals surface area contributed by atoms with E-state index in [-0.39, 0.29) is 24.3 Å². The van der Waals surface area contributed by atoms with E-state index in [1.807, 2.05) is 80.6 Å². The van der Waals surface area contributed by atoms with Crippen molar-refractivity contribution < 1.29 is 19.1 Å². The monoisotopic (exact) mass is 509 g/mol. The van der Waals surface area contributed by atoms with Crippen LogP contribution in [0.15, 0.2) is 72.8 Å². The molecule has 0 aliphatic carbocycles. The van der Waals surface area contributed by atoms with E-state index < -0.39 is 5.54 Å². The van der Waals surface area contributed by atoms with Crippen molar-refractivity contribution >= 4 is 22.7 Å². The molecule has 0 saturated carbocycles. The zero-order valence-electron chi connectivity index (χ0n) is 21.9. The summed E-state index contributed by atoms with van der Waals surface area (Å²) in [4.78, 5) is 35.0. The number of aromatic amines is 1. The topological polar surface area (TPSA) is 74.9 Å². The number of carbonyl (C=O) groups is 2. The van der Waals surface area contributed by atoms with Gasteiger partial charge in [-0.15, -0.1) is 0 Å². The molecule has 1 aromatic heterocycles. The first-order valence-corrected chi connectivity index (χ1v) is 13.0. The van der Waals surface area contributed by atoms with Gasteiger partial charge in [0.25, 0.3) is 5.91 Å². The van der Waals surface area contributed by atoms with Gasteiger partial charge in [-0.3, -0.25) is 9.59 Å². The summed E-state index contributed by atoms with van der Waals surface area (Å²) in [7, 11) is 1.63. The van der Waals surface area contributed by atoms with Crippen LogP contribution in [0.3, 0.4) is 0 Å². The molecule has 7 heteroatoms.